The van der Waals surface area contributed by atoms with Crippen LogP contribution < -0.4 is 5.32 Å². The summed E-state index contributed by atoms with van der Waals surface area (Å²) in [6, 6.07) is 5.37. The molecule has 0 amide bonds. The fourth-order valence-electron chi connectivity index (χ4n) is 1.62. The molecule has 1 N–H and O–H groups in total. The lowest BCUT2D eigenvalue weighted by atomic mass is 10.1. The number of hydrogen-bond donors (Lipinski definition) is 1. The number of rotatable bonds is 6. The van der Waals surface area contributed by atoms with Gasteiger partial charge in [-0.3, -0.25) is 10.1 Å². The van der Waals surface area contributed by atoms with Gasteiger partial charge in [-0.1, -0.05) is 29.8 Å². The molecule has 4 nitrogen and oxygen atoms in total. The zero-order valence-electron chi connectivity index (χ0n) is 10.1. The maximum absolute atomic E-state index is 10.6. The number of nitro groups is 1. The summed E-state index contributed by atoms with van der Waals surface area (Å²) >= 11 is 3.36. The topological polar surface area (TPSA) is 55.2 Å². The largest absolute Gasteiger partial charge is 0.310 e. The molecular weight excluding hydrogens is 284 g/mol. The summed E-state index contributed by atoms with van der Waals surface area (Å²) in [5.41, 5.74) is 1.16. The molecule has 0 heterocycles. The van der Waals surface area contributed by atoms with Crippen LogP contribution in [-0.4, -0.2) is 11.0 Å². The third-order valence-corrected chi connectivity index (χ3v) is 3.55. The van der Waals surface area contributed by atoms with Gasteiger partial charge in [-0.05, 0) is 24.5 Å². The van der Waals surface area contributed by atoms with Crippen molar-refractivity contribution in [3.05, 3.63) is 38.3 Å². The van der Waals surface area contributed by atoms with Crippen LogP contribution in [0.2, 0.25) is 0 Å². The van der Waals surface area contributed by atoms with Gasteiger partial charge in [0, 0.05) is 29.2 Å². The molecule has 17 heavy (non-hydrogen) atoms. The molecule has 0 fully saturated rings. The van der Waals surface area contributed by atoms with Crippen molar-refractivity contribution in [3.8, 4) is 0 Å². The summed E-state index contributed by atoms with van der Waals surface area (Å²) in [7, 11) is 0. The molecule has 0 atom stereocenters. The van der Waals surface area contributed by atoms with Gasteiger partial charge < -0.3 is 5.32 Å². The third kappa shape index (κ3) is 4.09. The number of benzene rings is 1. The van der Waals surface area contributed by atoms with Crippen molar-refractivity contribution >= 4 is 21.6 Å². The Labute approximate surface area is 110 Å². The van der Waals surface area contributed by atoms with E-state index in [0.717, 1.165) is 29.4 Å². The molecule has 0 aliphatic rings. The summed E-state index contributed by atoms with van der Waals surface area (Å²) < 4.78 is 0.783. The molecule has 0 unspecified atom stereocenters. The van der Waals surface area contributed by atoms with Crippen molar-refractivity contribution in [3.63, 3.8) is 0 Å². The highest BCUT2D eigenvalue weighted by Crippen LogP contribution is 2.23. The van der Waals surface area contributed by atoms with Crippen LogP contribution in [0.25, 0.3) is 0 Å². The number of non-ortho nitro benzene ring substituents is 1. The highest BCUT2D eigenvalue weighted by molar-refractivity contribution is 9.10. The number of nitro benzene ring substituents is 1. The predicted octanol–water partition coefficient (Wildman–Crippen LogP) is 3.64. The first-order valence-corrected chi connectivity index (χ1v) is 6.54. The van der Waals surface area contributed by atoms with E-state index in [1.807, 2.05) is 0 Å². The van der Waals surface area contributed by atoms with Gasteiger partial charge in [0.2, 0.25) is 0 Å². The second-order valence-electron chi connectivity index (χ2n) is 3.93. The Hall–Kier alpha value is -0.940. The maximum Gasteiger partial charge on any atom is 0.270 e. The predicted molar refractivity (Wildman–Crippen MR) is 72.0 cm³/mol. The highest BCUT2D eigenvalue weighted by atomic mass is 79.9. The van der Waals surface area contributed by atoms with Crippen LogP contribution in [0.1, 0.15) is 32.3 Å². The Balaban J connectivity index is 2.69. The molecule has 1 aromatic carbocycles. The highest BCUT2D eigenvalue weighted by Gasteiger charge is 2.10. The van der Waals surface area contributed by atoms with Crippen LogP contribution >= 0.6 is 15.9 Å². The standard InChI is InChI=1S/C12H17BrN2O2/c1-3-10(4-2)14-8-9-5-6-11(15(16)17)7-12(9)13/h5-7,10,14H,3-4,8H2,1-2H3. The van der Waals surface area contributed by atoms with Crippen molar-refractivity contribution in [1.29, 1.82) is 0 Å². The molecular formula is C12H17BrN2O2. The fraction of sp³-hybridized carbons (Fsp3) is 0.500. The Morgan fingerprint density at radius 2 is 2.06 bits per heavy atom. The van der Waals surface area contributed by atoms with Crippen molar-refractivity contribution in [2.75, 3.05) is 0 Å². The molecule has 0 radical (unpaired) electrons. The van der Waals surface area contributed by atoms with E-state index in [9.17, 15) is 10.1 Å². The first kappa shape index (κ1) is 14.1. The number of nitrogens with zero attached hydrogens (tertiary/aromatic N) is 1. The molecule has 94 valence electrons. The maximum atomic E-state index is 10.6. The number of nitrogens with one attached hydrogen (secondary N) is 1. The van der Waals surface area contributed by atoms with E-state index in [-0.39, 0.29) is 10.6 Å². The Kier molecular flexibility index (Phi) is 5.58. The molecule has 5 heteroatoms. The van der Waals surface area contributed by atoms with Gasteiger partial charge in [0.05, 0.1) is 4.92 Å². The van der Waals surface area contributed by atoms with Crippen LogP contribution in [0, 0.1) is 10.1 Å². The summed E-state index contributed by atoms with van der Waals surface area (Å²) in [5, 5.41) is 14.0. The summed E-state index contributed by atoms with van der Waals surface area (Å²) in [5.74, 6) is 0. The SMILES string of the molecule is CCC(CC)NCc1ccc([N+](=O)[O-])cc1Br. The number of halogens is 1. The second-order valence-corrected chi connectivity index (χ2v) is 4.78. The molecule has 0 aromatic heterocycles. The Bertz CT molecular complexity index is 392. The van der Waals surface area contributed by atoms with Gasteiger partial charge in [0.15, 0.2) is 0 Å². The summed E-state index contributed by atoms with van der Waals surface area (Å²) in [6.45, 7) is 5.02. The van der Waals surface area contributed by atoms with Gasteiger partial charge in [-0.15, -0.1) is 0 Å². The lowest BCUT2D eigenvalue weighted by Gasteiger charge is -2.15. The molecule has 0 bridgehead atoms. The minimum Gasteiger partial charge on any atom is -0.310 e. The lowest BCUT2D eigenvalue weighted by Crippen LogP contribution is -2.27. The first-order valence-electron chi connectivity index (χ1n) is 5.74. The van der Waals surface area contributed by atoms with Crippen molar-refractivity contribution < 1.29 is 4.92 Å². The normalized spacial score (nSPS) is 10.8. The average Bonchev–Trinajstić information content (AvgIpc) is 2.31. The van der Waals surface area contributed by atoms with Crippen molar-refractivity contribution in [2.45, 2.75) is 39.3 Å². The van der Waals surface area contributed by atoms with E-state index >= 15 is 0 Å². The first-order chi connectivity index (χ1) is 8.08. The zero-order chi connectivity index (χ0) is 12.8. The number of hydrogen-bond acceptors (Lipinski definition) is 3. The molecule has 1 rings (SSSR count). The quantitative estimate of drug-likeness (QED) is 0.644. The van der Waals surface area contributed by atoms with Crippen LogP contribution in [0.3, 0.4) is 0 Å². The minimum absolute atomic E-state index is 0.114. The second kappa shape index (κ2) is 6.71. The molecule has 1 aromatic rings. The smallest absolute Gasteiger partial charge is 0.270 e. The van der Waals surface area contributed by atoms with E-state index in [0.29, 0.717) is 6.04 Å². The third-order valence-electron chi connectivity index (χ3n) is 2.81. The van der Waals surface area contributed by atoms with Crippen molar-refractivity contribution in [1.82, 2.24) is 5.32 Å². The molecule has 0 saturated carbocycles. The van der Waals surface area contributed by atoms with Gasteiger partial charge in [0.25, 0.3) is 5.69 Å². The van der Waals surface area contributed by atoms with Crippen LogP contribution in [-0.2, 0) is 6.54 Å². The van der Waals surface area contributed by atoms with Crippen LogP contribution in [0.5, 0.6) is 0 Å². The van der Waals surface area contributed by atoms with E-state index in [2.05, 4.69) is 35.1 Å². The molecule has 0 aliphatic carbocycles. The monoisotopic (exact) mass is 300 g/mol. The lowest BCUT2D eigenvalue weighted by molar-refractivity contribution is -0.384. The summed E-state index contributed by atoms with van der Waals surface area (Å²) in [4.78, 5) is 10.2. The van der Waals surface area contributed by atoms with Crippen LogP contribution in [0.15, 0.2) is 22.7 Å². The van der Waals surface area contributed by atoms with E-state index in [4.69, 9.17) is 0 Å². The molecule has 0 aliphatic heterocycles. The van der Waals surface area contributed by atoms with E-state index in [1.165, 1.54) is 6.07 Å². The van der Waals surface area contributed by atoms with Gasteiger partial charge >= 0.3 is 0 Å². The molecule has 0 spiro atoms. The Morgan fingerprint density at radius 3 is 2.53 bits per heavy atom. The van der Waals surface area contributed by atoms with Gasteiger partial charge in [-0.2, -0.15) is 0 Å². The Morgan fingerprint density at radius 1 is 1.41 bits per heavy atom. The van der Waals surface area contributed by atoms with Gasteiger partial charge in [0.1, 0.15) is 0 Å². The van der Waals surface area contributed by atoms with E-state index in [1.54, 1.807) is 12.1 Å². The zero-order valence-corrected chi connectivity index (χ0v) is 11.7. The van der Waals surface area contributed by atoms with E-state index < -0.39 is 0 Å². The van der Waals surface area contributed by atoms with Crippen molar-refractivity contribution in [2.24, 2.45) is 0 Å². The average molecular weight is 301 g/mol. The fourth-order valence-corrected chi connectivity index (χ4v) is 2.13. The molecule has 0 saturated heterocycles. The minimum atomic E-state index is -0.386. The van der Waals surface area contributed by atoms with Gasteiger partial charge in [-0.25, -0.2) is 0 Å². The van der Waals surface area contributed by atoms with Crippen LogP contribution in [0.4, 0.5) is 5.69 Å². The summed E-state index contributed by atoms with van der Waals surface area (Å²) in [6.07, 6.45) is 2.17.